The lowest BCUT2D eigenvalue weighted by Crippen LogP contribution is -2.22. The molecule has 3 rings (SSSR count). The number of carbonyl (C=O) groups excluding carboxylic acids is 1. The maximum absolute atomic E-state index is 12.3. The molecule has 0 saturated carbocycles. The van der Waals surface area contributed by atoms with Crippen LogP contribution in [0, 0.1) is 13.8 Å². The molecule has 3 aromatic rings. The van der Waals surface area contributed by atoms with Gasteiger partial charge in [-0.25, -0.2) is 13.4 Å². The topological polar surface area (TPSA) is 76.1 Å². The molecule has 0 spiro atoms. The van der Waals surface area contributed by atoms with E-state index >= 15 is 0 Å². The molecule has 0 bridgehead atoms. The number of rotatable bonds is 4. The Bertz CT molecular complexity index is 1060. The number of hydrogen-bond acceptors (Lipinski definition) is 5. The number of aromatic nitrogens is 1. The predicted molar refractivity (Wildman–Crippen MR) is 101 cm³/mol. The number of amides is 1. The Morgan fingerprint density at radius 1 is 1.16 bits per heavy atom. The number of nitrogens with zero attached hydrogens (tertiary/aromatic N) is 1. The normalized spacial score (nSPS) is 11.6. The van der Waals surface area contributed by atoms with Gasteiger partial charge in [0.2, 0.25) is 5.91 Å². The second-order valence-electron chi connectivity index (χ2n) is 5.63. The Morgan fingerprint density at radius 2 is 1.84 bits per heavy atom. The van der Waals surface area contributed by atoms with Crippen molar-refractivity contribution in [3.05, 3.63) is 52.5 Å². The molecule has 1 N–H and O–H groups in total. The van der Waals surface area contributed by atoms with Gasteiger partial charge in [-0.1, -0.05) is 29.0 Å². The molecule has 2 aromatic carbocycles. The van der Waals surface area contributed by atoms with E-state index in [4.69, 9.17) is 11.6 Å². The number of hydrogen-bond donors (Lipinski definition) is 1. The van der Waals surface area contributed by atoms with Gasteiger partial charge < -0.3 is 5.32 Å². The number of fused-ring (bicyclic) bond motifs is 1. The third-order valence-electron chi connectivity index (χ3n) is 3.83. The second kappa shape index (κ2) is 6.74. The number of anilines is 1. The molecule has 1 amide bonds. The molecule has 25 heavy (non-hydrogen) atoms. The largest absolute Gasteiger partial charge is 0.301 e. The van der Waals surface area contributed by atoms with Crippen LogP contribution in [0.1, 0.15) is 11.1 Å². The highest BCUT2D eigenvalue weighted by Crippen LogP contribution is 2.29. The van der Waals surface area contributed by atoms with Crippen LogP contribution in [0.2, 0.25) is 5.02 Å². The first-order valence-electron chi connectivity index (χ1n) is 7.41. The maximum atomic E-state index is 12.3. The summed E-state index contributed by atoms with van der Waals surface area (Å²) >= 11 is 7.07. The van der Waals surface area contributed by atoms with Crippen molar-refractivity contribution in [2.45, 2.75) is 18.7 Å². The van der Waals surface area contributed by atoms with E-state index in [-0.39, 0.29) is 4.90 Å². The third kappa shape index (κ3) is 3.84. The average molecular weight is 395 g/mol. The van der Waals surface area contributed by atoms with Crippen molar-refractivity contribution < 1.29 is 13.2 Å². The van der Waals surface area contributed by atoms with Gasteiger partial charge in [0.25, 0.3) is 0 Å². The molecule has 1 heterocycles. The zero-order valence-corrected chi connectivity index (χ0v) is 15.9. The van der Waals surface area contributed by atoms with E-state index in [0.717, 1.165) is 21.3 Å². The van der Waals surface area contributed by atoms with Gasteiger partial charge >= 0.3 is 0 Å². The smallest absolute Gasteiger partial charge is 0.241 e. The summed E-state index contributed by atoms with van der Waals surface area (Å²) in [6, 6.07) is 9.65. The van der Waals surface area contributed by atoms with Crippen LogP contribution in [0.15, 0.2) is 41.3 Å². The minimum absolute atomic E-state index is 0.0582. The molecule has 0 radical (unpaired) electrons. The summed E-state index contributed by atoms with van der Waals surface area (Å²) in [6.07, 6.45) is 0. The standard InChI is InChI=1S/C17H15ClN2O3S2/c1-10-3-8-14-16(11(10)2)20-17(24-14)19-15(21)9-25(22,23)13-6-4-12(18)5-7-13/h3-8H,9H2,1-2H3,(H,19,20,21). The van der Waals surface area contributed by atoms with E-state index in [1.54, 1.807) is 0 Å². The summed E-state index contributed by atoms with van der Waals surface area (Å²) in [7, 11) is -3.74. The van der Waals surface area contributed by atoms with Crippen molar-refractivity contribution in [3.63, 3.8) is 0 Å². The SMILES string of the molecule is Cc1ccc2sc(NC(=O)CS(=O)(=O)c3ccc(Cl)cc3)nc2c1C. The van der Waals surface area contributed by atoms with Crippen molar-refractivity contribution in [3.8, 4) is 0 Å². The molecule has 5 nitrogen and oxygen atoms in total. The Morgan fingerprint density at radius 3 is 2.52 bits per heavy atom. The van der Waals surface area contributed by atoms with Crippen LogP contribution in [0.3, 0.4) is 0 Å². The Labute approximate surface area is 154 Å². The van der Waals surface area contributed by atoms with E-state index in [9.17, 15) is 13.2 Å². The molecule has 0 aliphatic heterocycles. The fourth-order valence-corrected chi connectivity index (χ4v) is 4.54. The van der Waals surface area contributed by atoms with Crippen LogP contribution >= 0.6 is 22.9 Å². The first-order valence-corrected chi connectivity index (χ1v) is 10.3. The molecule has 130 valence electrons. The molecule has 0 aliphatic rings. The van der Waals surface area contributed by atoms with Gasteiger partial charge in [0, 0.05) is 5.02 Å². The quantitative estimate of drug-likeness (QED) is 0.726. The van der Waals surface area contributed by atoms with Gasteiger partial charge in [-0.2, -0.15) is 0 Å². The van der Waals surface area contributed by atoms with Gasteiger partial charge in [-0.15, -0.1) is 0 Å². The summed E-state index contributed by atoms with van der Waals surface area (Å²) < 4.78 is 25.5. The number of aryl methyl sites for hydroxylation is 2. The van der Waals surface area contributed by atoms with Crippen molar-refractivity contribution >= 4 is 54.0 Å². The molecule has 0 aliphatic carbocycles. The Kier molecular flexibility index (Phi) is 4.81. The van der Waals surface area contributed by atoms with Crippen LogP contribution in [0.25, 0.3) is 10.2 Å². The van der Waals surface area contributed by atoms with E-state index in [1.807, 2.05) is 26.0 Å². The molecule has 1 aromatic heterocycles. The number of thiazole rings is 1. The number of nitrogens with one attached hydrogen (secondary N) is 1. The molecular formula is C17H15ClN2O3S2. The van der Waals surface area contributed by atoms with Crippen LogP contribution in [0.4, 0.5) is 5.13 Å². The maximum Gasteiger partial charge on any atom is 0.241 e. The molecule has 0 atom stereocenters. The van der Waals surface area contributed by atoms with Gasteiger partial charge in [-0.05, 0) is 55.3 Å². The van der Waals surface area contributed by atoms with E-state index in [2.05, 4.69) is 10.3 Å². The van der Waals surface area contributed by atoms with Crippen LogP contribution in [-0.2, 0) is 14.6 Å². The third-order valence-corrected chi connectivity index (χ3v) is 6.65. The van der Waals surface area contributed by atoms with Crippen molar-refractivity contribution in [2.24, 2.45) is 0 Å². The molecular weight excluding hydrogens is 380 g/mol. The lowest BCUT2D eigenvalue weighted by atomic mass is 10.1. The van der Waals surface area contributed by atoms with Crippen LogP contribution in [-0.4, -0.2) is 25.1 Å². The molecule has 8 heteroatoms. The summed E-state index contributed by atoms with van der Waals surface area (Å²) in [5.74, 6) is -1.27. The fourth-order valence-electron chi connectivity index (χ4n) is 2.33. The molecule has 0 unspecified atom stereocenters. The highest BCUT2D eigenvalue weighted by molar-refractivity contribution is 7.92. The van der Waals surface area contributed by atoms with Crippen molar-refractivity contribution in [2.75, 3.05) is 11.1 Å². The molecule has 0 fully saturated rings. The number of sulfone groups is 1. The first kappa shape index (κ1) is 17.8. The van der Waals surface area contributed by atoms with E-state index in [1.165, 1.54) is 35.6 Å². The van der Waals surface area contributed by atoms with Gasteiger partial charge in [0.05, 0.1) is 15.1 Å². The minimum atomic E-state index is -3.74. The van der Waals surface area contributed by atoms with Crippen LogP contribution < -0.4 is 5.32 Å². The highest BCUT2D eigenvalue weighted by atomic mass is 35.5. The van der Waals surface area contributed by atoms with E-state index < -0.39 is 21.5 Å². The average Bonchev–Trinajstić information content (AvgIpc) is 2.94. The Hall–Kier alpha value is -1.96. The second-order valence-corrected chi connectivity index (χ2v) is 9.09. The zero-order valence-electron chi connectivity index (χ0n) is 13.5. The lowest BCUT2D eigenvalue weighted by molar-refractivity contribution is -0.113. The van der Waals surface area contributed by atoms with Gasteiger partial charge in [-0.3, -0.25) is 4.79 Å². The van der Waals surface area contributed by atoms with E-state index in [0.29, 0.717) is 10.2 Å². The predicted octanol–water partition coefficient (Wildman–Crippen LogP) is 3.98. The summed E-state index contributed by atoms with van der Waals surface area (Å²) in [4.78, 5) is 16.6. The lowest BCUT2D eigenvalue weighted by Gasteiger charge is -2.04. The number of carbonyl (C=O) groups is 1. The van der Waals surface area contributed by atoms with Crippen molar-refractivity contribution in [1.82, 2.24) is 4.98 Å². The minimum Gasteiger partial charge on any atom is -0.301 e. The monoisotopic (exact) mass is 394 g/mol. The van der Waals surface area contributed by atoms with Crippen LogP contribution in [0.5, 0.6) is 0 Å². The van der Waals surface area contributed by atoms with Crippen molar-refractivity contribution in [1.29, 1.82) is 0 Å². The number of halogens is 1. The highest BCUT2D eigenvalue weighted by Gasteiger charge is 2.20. The Balaban J connectivity index is 1.78. The van der Waals surface area contributed by atoms with Gasteiger partial charge in [0.1, 0.15) is 5.75 Å². The van der Waals surface area contributed by atoms with Gasteiger partial charge in [0.15, 0.2) is 15.0 Å². The summed E-state index contributed by atoms with van der Waals surface area (Å²) in [5, 5.41) is 3.40. The summed E-state index contributed by atoms with van der Waals surface area (Å²) in [6.45, 7) is 3.96. The fraction of sp³-hybridized carbons (Fsp3) is 0.176. The zero-order chi connectivity index (χ0) is 18.2. The number of benzene rings is 2. The molecule has 0 saturated heterocycles. The first-order chi connectivity index (χ1) is 11.8. The summed E-state index contributed by atoms with van der Waals surface area (Å²) in [5.41, 5.74) is 2.98.